The number of amides is 1. The average molecular weight is 846 g/mol. The number of nitrogens with one attached hydrogen (secondary N) is 2. The van der Waals surface area contributed by atoms with Crippen LogP contribution in [0.3, 0.4) is 0 Å². The summed E-state index contributed by atoms with van der Waals surface area (Å²) in [5.41, 5.74) is 2.72. The van der Waals surface area contributed by atoms with E-state index in [4.69, 9.17) is 14.2 Å². The number of hydrogen-bond donors (Lipinski definition) is 3. The number of aromatic nitrogens is 1. The molecule has 330 valence electrons. The molecule has 3 fully saturated rings. The molecular weight excluding hydrogens is 783 g/mol. The third-order valence-corrected chi connectivity index (χ3v) is 16.4. The van der Waals surface area contributed by atoms with Crippen molar-refractivity contribution in [2.45, 2.75) is 107 Å². The molecular formula is C50H63N5O7. The number of likely N-dealkylation sites (N-methyl/N-ethyl adjacent to an activating group) is 1. The monoisotopic (exact) mass is 845 g/mol. The Morgan fingerprint density at radius 1 is 1.05 bits per heavy atom. The lowest BCUT2D eigenvalue weighted by Crippen LogP contribution is -2.79. The number of hydrogen-bond acceptors (Lipinski definition) is 10. The maximum atomic E-state index is 15.4. The van der Waals surface area contributed by atoms with Gasteiger partial charge in [0.05, 0.1) is 20.3 Å². The van der Waals surface area contributed by atoms with Gasteiger partial charge in [-0.15, -0.1) is 0 Å². The van der Waals surface area contributed by atoms with E-state index < -0.39 is 40.0 Å². The highest BCUT2D eigenvalue weighted by atomic mass is 16.6. The van der Waals surface area contributed by atoms with Crippen LogP contribution in [0.25, 0.3) is 10.9 Å². The van der Waals surface area contributed by atoms with Gasteiger partial charge in [0.25, 0.3) is 0 Å². The highest BCUT2D eigenvalue weighted by Crippen LogP contribution is 2.68. The third-order valence-electron chi connectivity index (χ3n) is 16.4. The number of methoxy groups -OCH3 is 2. The molecule has 2 bridgehead atoms. The first kappa shape index (κ1) is 41.4. The summed E-state index contributed by atoms with van der Waals surface area (Å²) in [7, 11) is 5.21. The Bertz CT molecular complexity index is 2390. The van der Waals surface area contributed by atoms with Crippen molar-refractivity contribution in [3.8, 4) is 5.75 Å². The topological polar surface area (TPSA) is 137 Å². The van der Waals surface area contributed by atoms with Crippen LogP contribution < -0.4 is 15.0 Å². The lowest BCUT2D eigenvalue weighted by molar-refractivity contribution is -0.220. The van der Waals surface area contributed by atoms with Crippen LogP contribution in [0.15, 0.2) is 60.2 Å². The number of carbonyl (C=O) groups excluding carboxylic acids is 3. The number of esters is 2. The molecule has 12 heteroatoms. The van der Waals surface area contributed by atoms with E-state index >= 15 is 4.79 Å². The van der Waals surface area contributed by atoms with Gasteiger partial charge in [0.15, 0.2) is 0 Å². The molecule has 3 N–H and O–H groups in total. The number of aliphatic hydroxyl groups is 1. The van der Waals surface area contributed by atoms with E-state index in [1.54, 1.807) is 7.11 Å². The van der Waals surface area contributed by atoms with Gasteiger partial charge >= 0.3 is 11.9 Å². The molecule has 3 aromatic rings. The zero-order valence-electron chi connectivity index (χ0n) is 37.2. The molecule has 7 aliphatic rings. The molecule has 1 amide bonds. The second-order valence-electron chi connectivity index (χ2n) is 19.5. The van der Waals surface area contributed by atoms with E-state index in [1.165, 1.54) is 19.6 Å². The quantitative estimate of drug-likeness (QED) is 0.176. The Balaban J connectivity index is 1.23. The van der Waals surface area contributed by atoms with Crippen molar-refractivity contribution in [2.75, 3.05) is 65.4 Å². The maximum absolute atomic E-state index is 15.4. The fraction of sp³-hybridized carbons (Fsp3) is 0.580. The Morgan fingerprint density at radius 2 is 1.85 bits per heavy atom. The number of benzene rings is 2. The van der Waals surface area contributed by atoms with Crippen molar-refractivity contribution < 1.29 is 33.7 Å². The molecule has 6 heterocycles. The minimum atomic E-state index is -1.59. The molecule has 10 rings (SSSR count). The summed E-state index contributed by atoms with van der Waals surface area (Å²) < 4.78 is 18.9. The van der Waals surface area contributed by atoms with Crippen LogP contribution in [0, 0.1) is 17.3 Å². The van der Waals surface area contributed by atoms with Gasteiger partial charge in [-0.05, 0) is 87.1 Å². The molecule has 0 radical (unpaired) electrons. The van der Waals surface area contributed by atoms with Crippen molar-refractivity contribution in [1.29, 1.82) is 0 Å². The molecule has 2 aliphatic carbocycles. The van der Waals surface area contributed by atoms with Gasteiger partial charge in [0.2, 0.25) is 5.91 Å². The van der Waals surface area contributed by atoms with Crippen LogP contribution in [-0.2, 0) is 41.1 Å². The Hall–Kier alpha value is -4.65. The number of anilines is 1. The van der Waals surface area contributed by atoms with Gasteiger partial charge < -0.3 is 34.5 Å². The van der Waals surface area contributed by atoms with Gasteiger partial charge in [-0.2, -0.15) is 0 Å². The molecule has 2 saturated carbocycles. The fourth-order valence-electron chi connectivity index (χ4n) is 14.0. The van der Waals surface area contributed by atoms with Crippen LogP contribution in [-0.4, -0.2) is 122 Å². The summed E-state index contributed by atoms with van der Waals surface area (Å²) in [6.07, 6.45) is 11.4. The molecule has 1 aromatic heterocycles. The summed E-state index contributed by atoms with van der Waals surface area (Å²) in [5, 5.41) is 18.1. The van der Waals surface area contributed by atoms with Crippen molar-refractivity contribution in [1.82, 2.24) is 20.1 Å². The standard InChI is InChI=1S/C50H63N5O7/c1-7-31-24-32-27-49(46(58)61-6,41-35(16-22-54(28-31)29-32)34-12-9-10-13-38(34)52-41)37-25-36-39(26-40(37)60-5)53(4)44-48(36)19-23-55-21-11-17-47(8-2,43(48)55)45(62-30(3)56)50(44,59)18-20-51-42(57)33-14-15-33/h9-13,17,24-26,32-33,43-45,52,59H,7-8,14-16,18-23,27-29H2,1-6H3,(H,51,57)/t32-,43+,44-,45-,47-,48-,49+,50+/m1/s1. The van der Waals surface area contributed by atoms with E-state index in [9.17, 15) is 14.7 Å². The predicted molar refractivity (Wildman–Crippen MR) is 237 cm³/mol. The maximum Gasteiger partial charge on any atom is 0.322 e. The molecule has 2 aromatic carbocycles. The number of rotatable bonds is 10. The van der Waals surface area contributed by atoms with Crippen LogP contribution in [0.1, 0.15) is 88.1 Å². The van der Waals surface area contributed by atoms with Crippen LogP contribution in [0.4, 0.5) is 5.69 Å². The predicted octanol–water partition coefficient (Wildman–Crippen LogP) is 5.54. The first-order valence-corrected chi connectivity index (χ1v) is 23.0. The molecule has 1 saturated heterocycles. The highest BCUT2D eigenvalue weighted by Gasteiger charge is 2.77. The van der Waals surface area contributed by atoms with Crippen molar-refractivity contribution in [3.63, 3.8) is 0 Å². The SMILES string of the molecule is CCC1=C[C@H]2CN(CCc3c([nH]c4ccccc34)[C@@](C(=O)OC)(c3cc4c(cc3OC)N(C)[C@H]3[C@@](O)(CCNC(=O)C5CC5)[C@H](OC(C)=O)[C@]5(CC)C=CCN6CC[C@]43[C@@H]65)C2)C1. The number of carbonyl (C=O) groups is 3. The number of H-pyrrole nitrogens is 1. The van der Waals surface area contributed by atoms with Gasteiger partial charge in [-0.25, -0.2) is 0 Å². The Labute approximate surface area is 365 Å². The second-order valence-corrected chi connectivity index (χ2v) is 19.5. The van der Waals surface area contributed by atoms with Crippen molar-refractivity contribution >= 4 is 34.4 Å². The van der Waals surface area contributed by atoms with E-state index in [-0.39, 0.29) is 42.7 Å². The first-order valence-electron chi connectivity index (χ1n) is 23.0. The van der Waals surface area contributed by atoms with Gasteiger partial charge in [-0.3, -0.25) is 24.2 Å². The average Bonchev–Trinajstić information content (AvgIpc) is 3.89. The number of aromatic amines is 1. The highest BCUT2D eigenvalue weighted by molar-refractivity contribution is 5.94. The Kier molecular flexibility index (Phi) is 9.99. The second kappa shape index (κ2) is 15.0. The third kappa shape index (κ3) is 5.77. The van der Waals surface area contributed by atoms with Crippen molar-refractivity contribution in [2.24, 2.45) is 17.3 Å². The smallest absolute Gasteiger partial charge is 0.322 e. The number of para-hydroxylation sites is 1. The summed E-state index contributed by atoms with van der Waals surface area (Å²) in [4.78, 5) is 52.8. The zero-order chi connectivity index (χ0) is 43.3. The van der Waals surface area contributed by atoms with E-state index in [2.05, 4.69) is 87.4 Å². The van der Waals surface area contributed by atoms with Crippen LogP contribution in [0.2, 0.25) is 0 Å². The molecule has 62 heavy (non-hydrogen) atoms. The van der Waals surface area contributed by atoms with Crippen molar-refractivity contribution in [3.05, 3.63) is 82.6 Å². The van der Waals surface area contributed by atoms with Crippen LogP contribution in [0.5, 0.6) is 5.75 Å². The first-order chi connectivity index (χ1) is 29.9. The molecule has 5 aliphatic heterocycles. The molecule has 12 nitrogen and oxygen atoms in total. The molecule has 9 atom stereocenters. The summed E-state index contributed by atoms with van der Waals surface area (Å²) in [6, 6.07) is 12.0. The molecule has 1 spiro atoms. The zero-order valence-corrected chi connectivity index (χ0v) is 37.2. The normalized spacial score (nSPS) is 34.5. The fourth-order valence-corrected chi connectivity index (χ4v) is 14.0. The minimum absolute atomic E-state index is 0.00901. The lowest BCUT2D eigenvalue weighted by atomic mass is 9.47. The summed E-state index contributed by atoms with van der Waals surface area (Å²) >= 11 is 0. The Morgan fingerprint density at radius 3 is 2.58 bits per heavy atom. The summed E-state index contributed by atoms with van der Waals surface area (Å²) in [6.45, 7) is 10.1. The van der Waals surface area contributed by atoms with Gasteiger partial charge in [0, 0.05) is 103 Å². The molecule has 1 unspecified atom stereocenters. The largest absolute Gasteiger partial charge is 0.496 e. The van der Waals surface area contributed by atoms with E-state index in [1.807, 2.05) is 13.1 Å². The minimum Gasteiger partial charge on any atom is -0.496 e. The lowest BCUT2D eigenvalue weighted by Gasteiger charge is -2.65. The number of ether oxygens (including phenoxy) is 3. The van der Waals surface area contributed by atoms with Gasteiger partial charge in [-0.1, -0.05) is 55.8 Å². The summed E-state index contributed by atoms with van der Waals surface area (Å²) in [5.74, 6) is -0.135. The van der Waals surface area contributed by atoms with Gasteiger partial charge in [0.1, 0.15) is 22.9 Å². The number of fused-ring (bicyclic) bond motifs is 6. The van der Waals surface area contributed by atoms with E-state index in [0.717, 1.165) is 104 Å². The number of nitrogens with zero attached hydrogens (tertiary/aromatic N) is 3. The van der Waals surface area contributed by atoms with Crippen LogP contribution >= 0.6 is 0 Å². The van der Waals surface area contributed by atoms with E-state index in [0.29, 0.717) is 18.6 Å².